The average molecular weight is 650 g/mol. The maximum absolute atomic E-state index is 14.4. The van der Waals surface area contributed by atoms with Gasteiger partial charge in [0.15, 0.2) is 16.9 Å². The van der Waals surface area contributed by atoms with Crippen LogP contribution in [-0.4, -0.2) is 19.6 Å². The molecule has 5 N–H and O–H groups in total. The smallest absolute Gasteiger partial charge is 0.320 e. The first-order valence-corrected chi connectivity index (χ1v) is 16.3. The third-order valence-electron chi connectivity index (χ3n) is 7.54. The fourth-order valence-corrected chi connectivity index (χ4v) is 6.25. The molecule has 4 aromatic rings. The molecule has 0 amide bonds. The van der Waals surface area contributed by atoms with Crippen molar-refractivity contribution in [3.05, 3.63) is 131 Å². The molecule has 1 aliphatic rings. The first-order chi connectivity index (χ1) is 20.6. The first-order valence-electron chi connectivity index (χ1n) is 13.1. The van der Waals surface area contributed by atoms with Gasteiger partial charge in [-0.15, -0.1) is 5.01 Å². The molecule has 0 aliphatic carbocycles. The van der Waals surface area contributed by atoms with Crippen LogP contribution in [0.4, 0.5) is 28.9 Å². The zero-order valence-corrected chi connectivity index (χ0v) is 24.4. The second-order valence-corrected chi connectivity index (χ2v) is 13.7. The van der Waals surface area contributed by atoms with Crippen molar-refractivity contribution in [3.63, 3.8) is 0 Å². The summed E-state index contributed by atoms with van der Waals surface area (Å²) in [5.74, 6) is 0. The van der Waals surface area contributed by atoms with Crippen LogP contribution in [0.5, 0.6) is 0 Å². The van der Waals surface area contributed by atoms with Crippen LogP contribution in [0.3, 0.4) is 0 Å². The van der Waals surface area contributed by atoms with Crippen molar-refractivity contribution in [2.24, 2.45) is 10.3 Å². The fraction of sp³-hybridized carbons (Fsp3) is 0.172. The predicted octanol–water partition coefficient (Wildman–Crippen LogP) is 6.05. The third kappa shape index (κ3) is 5.80. The van der Waals surface area contributed by atoms with Crippen molar-refractivity contribution in [2.45, 2.75) is 29.7 Å². The molecule has 0 spiro atoms. The van der Waals surface area contributed by atoms with Crippen LogP contribution >= 0.6 is 15.2 Å². The Balaban J connectivity index is 1.64. The average Bonchev–Trinajstić information content (AvgIpc) is 3.41. The van der Waals surface area contributed by atoms with E-state index in [0.29, 0.717) is 27.5 Å². The largest absolute Gasteiger partial charge is 0.399 e. The van der Waals surface area contributed by atoms with Gasteiger partial charge in [0.05, 0.1) is 0 Å². The van der Waals surface area contributed by atoms with E-state index in [0.717, 1.165) is 29.8 Å². The van der Waals surface area contributed by atoms with E-state index < -0.39 is 43.2 Å². The monoisotopic (exact) mass is 650 g/mol. The normalized spacial score (nSPS) is 15.8. The van der Waals surface area contributed by atoms with Gasteiger partial charge in [0.1, 0.15) is 0 Å². The molecule has 1 aliphatic heterocycles. The van der Waals surface area contributed by atoms with Gasteiger partial charge in [-0.05, 0) is 17.2 Å². The Kier molecular flexibility index (Phi) is 8.28. The Bertz CT molecular complexity index is 1700. The van der Waals surface area contributed by atoms with Crippen LogP contribution in [0.15, 0.2) is 113 Å². The van der Waals surface area contributed by atoms with Gasteiger partial charge < -0.3 is 19.6 Å². The van der Waals surface area contributed by atoms with E-state index in [4.69, 9.17) is 19.6 Å². The van der Waals surface area contributed by atoms with Crippen LogP contribution in [0.1, 0.15) is 27.8 Å². The Labute approximate surface area is 248 Å². The van der Waals surface area contributed by atoms with E-state index in [1.165, 1.54) is 24.3 Å². The Morgan fingerprint density at radius 1 is 0.591 bits per heavy atom. The summed E-state index contributed by atoms with van der Waals surface area (Å²) < 4.78 is 80.4. The first kappa shape index (κ1) is 31.9. The number of fused-ring (bicyclic) bond motifs is 1. The summed E-state index contributed by atoms with van der Waals surface area (Å²) in [7, 11) is -11.6. The van der Waals surface area contributed by atoms with Crippen LogP contribution in [0.25, 0.3) is 0 Å². The minimum absolute atomic E-state index is 0.113. The molecule has 1 heterocycles. The second-order valence-electron chi connectivity index (χ2n) is 10.4. The number of hydrogen-bond acceptors (Lipinski definition) is 4. The topological polar surface area (TPSA) is 144 Å². The molecule has 0 fully saturated rings. The lowest BCUT2D eigenvalue weighted by Crippen LogP contribution is -3.10. The van der Waals surface area contributed by atoms with Gasteiger partial charge in [-0.3, -0.25) is 9.13 Å². The zero-order valence-electron chi connectivity index (χ0n) is 22.6. The van der Waals surface area contributed by atoms with Gasteiger partial charge >= 0.3 is 26.5 Å². The Hall–Kier alpha value is -3.54. The molecule has 0 bridgehead atoms. The van der Waals surface area contributed by atoms with Crippen LogP contribution in [0, 0.1) is 0 Å². The highest BCUT2D eigenvalue weighted by Gasteiger charge is 2.52. The van der Waals surface area contributed by atoms with E-state index in [1.54, 1.807) is 36.4 Å². The van der Waals surface area contributed by atoms with Gasteiger partial charge in [-0.2, -0.15) is 17.6 Å². The summed E-state index contributed by atoms with van der Waals surface area (Å²) in [5.41, 5.74) is -8.62. The van der Waals surface area contributed by atoms with Crippen molar-refractivity contribution >= 4 is 26.6 Å². The summed E-state index contributed by atoms with van der Waals surface area (Å²) in [4.78, 5) is 36.7. The highest BCUT2D eigenvalue weighted by Crippen LogP contribution is 2.60. The lowest BCUT2D eigenvalue weighted by atomic mass is 9.77. The predicted molar refractivity (Wildman–Crippen MR) is 152 cm³/mol. The van der Waals surface area contributed by atoms with Crippen molar-refractivity contribution < 1.29 is 51.3 Å². The van der Waals surface area contributed by atoms with E-state index in [-0.39, 0.29) is 12.8 Å². The molecule has 0 radical (unpaired) electrons. The van der Waals surface area contributed by atoms with Crippen molar-refractivity contribution in [1.29, 1.82) is 0 Å². The Morgan fingerprint density at radius 2 is 1.02 bits per heavy atom. The van der Waals surface area contributed by atoms with Crippen LogP contribution in [-0.2, 0) is 38.8 Å². The number of hydrogen-bond donors (Lipinski definition) is 5. The van der Waals surface area contributed by atoms with E-state index >= 15 is 0 Å². The minimum atomic E-state index is -5.79. The number of quaternary nitrogens is 1. The quantitative estimate of drug-likeness (QED) is 0.104. The highest BCUT2D eigenvalue weighted by molar-refractivity contribution is 7.52. The van der Waals surface area contributed by atoms with Gasteiger partial charge in [-0.1, -0.05) is 96.1 Å². The third-order valence-corrected chi connectivity index (χ3v) is 9.52. The SMILES string of the molecule is O=P(O)(O)C(F)(F)c1ccc(CC(Cc2ccc(C(F)(F)P(=O)(O)O)cc2)(c2ccccc2)[NH+]2N=Nc3ccccc32)cc1. The van der Waals surface area contributed by atoms with Crippen LogP contribution in [0.2, 0.25) is 0 Å². The molecule has 0 aromatic heterocycles. The maximum Gasteiger partial charge on any atom is 0.399 e. The lowest BCUT2D eigenvalue weighted by Gasteiger charge is -2.36. The van der Waals surface area contributed by atoms with E-state index in [9.17, 15) is 26.7 Å². The molecule has 44 heavy (non-hydrogen) atoms. The number of benzene rings is 4. The molecule has 15 heteroatoms. The van der Waals surface area contributed by atoms with Crippen molar-refractivity contribution in [1.82, 2.24) is 0 Å². The molecule has 1 unspecified atom stereocenters. The molecule has 0 saturated heterocycles. The molecule has 1 atom stereocenters. The lowest BCUT2D eigenvalue weighted by molar-refractivity contribution is -0.907. The number of nitrogens with one attached hydrogen (secondary N) is 1. The molecular formula is C29H26F4N3O6P2+. The number of rotatable bonds is 10. The van der Waals surface area contributed by atoms with Gasteiger partial charge in [0, 0.05) is 40.8 Å². The molecule has 4 aromatic carbocycles. The molecule has 5 rings (SSSR count). The molecule has 9 nitrogen and oxygen atoms in total. The number of para-hydroxylation sites is 1. The Morgan fingerprint density at radius 3 is 1.48 bits per heavy atom. The number of halogens is 4. The van der Waals surface area contributed by atoms with E-state index in [1.807, 2.05) is 18.2 Å². The number of nitrogens with zero attached hydrogens (tertiary/aromatic N) is 2. The minimum Gasteiger partial charge on any atom is -0.320 e. The zero-order chi connectivity index (χ0) is 32.0. The summed E-state index contributed by atoms with van der Waals surface area (Å²) >= 11 is 0. The summed E-state index contributed by atoms with van der Waals surface area (Å²) in [6.07, 6.45) is 0.226. The number of alkyl halides is 4. The molecular weight excluding hydrogens is 624 g/mol. The highest BCUT2D eigenvalue weighted by atomic mass is 31.2. The molecule has 0 saturated carbocycles. The summed E-state index contributed by atoms with van der Waals surface area (Å²) in [5, 5.41) is 9.35. The second kappa shape index (κ2) is 11.4. The van der Waals surface area contributed by atoms with E-state index in [2.05, 4.69) is 10.3 Å². The maximum atomic E-state index is 14.4. The fourth-order valence-electron chi connectivity index (χ4n) is 5.28. The van der Waals surface area contributed by atoms with Crippen molar-refractivity contribution in [3.8, 4) is 0 Å². The van der Waals surface area contributed by atoms with Crippen LogP contribution < -0.4 is 5.01 Å². The summed E-state index contributed by atoms with van der Waals surface area (Å²) in [6.45, 7) is 0. The molecule has 230 valence electrons. The van der Waals surface area contributed by atoms with Gasteiger partial charge in [-0.25, -0.2) is 0 Å². The van der Waals surface area contributed by atoms with Crippen molar-refractivity contribution in [2.75, 3.05) is 0 Å². The van der Waals surface area contributed by atoms with Gasteiger partial charge in [0.25, 0.3) is 0 Å². The summed E-state index contributed by atoms with van der Waals surface area (Å²) in [6, 6.07) is 25.3. The van der Waals surface area contributed by atoms with Gasteiger partial charge in [0.2, 0.25) is 0 Å². The standard InChI is InChI=1S/C29H25F4N3O6P2/c30-28(31,43(37,38)39)23-14-10-20(11-15-23)18-27(22-6-2-1-3-7-22,36-26-9-5-4-8-25(26)34-35-36)19-21-12-16-24(17-13-21)29(32,33)44(40,41)42/h1-17H,18-19H2,(H2,37,38,39)(H2,40,41,42)/p+1.